The Hall–Kier alpha value is -3.80. The van der Waals surface area contributed by atoms with Crippen molar-refractivity contribution in [1.29, 1.82) is 0 Å². The normalized spacial score (nSPS) is 15.3. The SMILES string of the molecule is CCCOc1ccc(CNC(=O)c2cccc([C@H]3CCCN(C(=O)Nc4ccccc4)C3)c2)cc1. The van der Waals surface area contributed by atoms with Gasteiger partial charge in [-0.15, -0.1) is 0 Å². The fourth-order valence-corrected chi connectivity index (χ4v) is 4.30. The van der Waals surface area contributed by atoms with E-state index in [1.54, 1.807) is 0 Å². The monoisotopic (exact) mass is 471 g/mol. The number of nitrogens with one attached hydrogen (secondary N) is 2. The second-order valence-corrected chi connectivity index (χ2v) is 8.88. The molecule has 182 valence electrons. The predicted octanol–water partition coefficient (Wildman–Crippen LogP) is 5.82. The molecule has 1 aliphatic rings. The lowest BCUT2D eigenvalue weighted by Crippen LogP contribution is -2.41. The number of hydrogen-bond acceptors (Lipinski definition) is 3. The van der Waals surface area contributed by atoms with E-state index in [1.165, 1.54) is 0 Å². The van der Waals surface area contributed by atoms with Crippen LogP contribution in [-0.2, 0) is 6.54 Å². The summed E-state index contributed by atoms with van der Waals surface area (Å²) >= 11 is 0. The van der Waals surface area contributed by atoms with E-state index >= 15 is 0 Å². The standard InChI is InChI=1S/C29H33N3O3/c1-2-18-35-27-15-13-22(14-16-27)20-30-28(33)24-9-6-8-23(19-24)25-10-7-17-32(21-25)29(34)31-26-11-4-3-5-12-26/h3-6,8-9,11-16,19,25H,2,7,10,17-18,20-21H2,1H3,(H,30,33)(H,31,34)/t25-/m0/s1. The lowest BCUT2D eigenvalue weighted by Gasteiger charge is -2.33. The number of likely N-dealkylation sites (tertiary alicyclic amines) is 1. The van der Waals surface area contributed by atoms with Crippen molar-refractivity contribution in [3.8, 4) is 5.75 Å². The van der Waals surface area contributed by atoms with Gasteiger partial charge in [0.25, 0.3) is 5.91 Å². The first kappa shape index (κ1) is 24.3. The highest BCUT2D eigenvalue weighted by atomic mass is 16.5. The van der Waals surface area contributed by atoms with Crippen LogP contribution in [0.2, 0.25) is 0 Å². The third-order valence-electron chi connectivity index (χ3n) is 6.20. The maximum absolute atomic E-state index is 12.8. The Morgan fingerprint density at radius 2 is 1.80 bits per heavy atom. The van der Waals surface area contributed by atoms with Crippen molar-refractivity contribution in [2.75, 3.05) is 25.0 Å². The summed E-state index contributed by atoms with van der Waals surface area (Å²) in [7, 11) is 0. The zero-order chi connectivity index (χ0) is 24.5. The maximum Gasteiger partial charge on any atom is 0.321 e. The number of piperidine rings is 1. The van der Waals surface area contributed by atoms with Gasteiger partial charge in [-0.3, -0.25) is 4.79 Å². The second-order valence-electron chi connectivity index (χ2n) is 8.88. The van der Waals surface area contributed by atoms with Crippen molar-refractivity contribution >= 4 is 17.6 Å². The molecule has 0 saturated carbocycles. The predicted molar refractivity (Wildman–Crippen MR) is 139 cm³/mol. The van der Waals surface area contributed by atoms with Crippen LogP contribution in [0.1, 0.15) is 53.6 Å². The van der Waals surface area contributed by atoms with Gasteiger partial charge in [0, 0.05) is 36.8 Å². The van der Waals surface area contributed by atoms with Gasteiger partial charge in [-0.1, -0.05) is 49.4 Å². The van der Waals surface area contributed by atoms with Crippen molar-refractivity contribution < 1.29 is 14.3 Å². The molecule has 3 aromatic rings. The molecule has 1 saturated heterocycles. The number of benzene rings is 3. The van der Waals surface area contributed by atoms with Crippen LogP contribution in [-0.4, -0.2) is 36.5 Å². The summed E-state index contributed by atoms with van der Waals surface area (Å²) in [5, 5.41) is 5.98. The summed E-state index contributed by atoms with van der Waals surface area (Å²) in [6, 6.07) is 25.0. The number of para-hydroxylation sites is 1. The number of anilines is 1. The molecule has 1 heterocycles. The van der Waals surface area contributed by atoms with Gasteiger partial charge < -0.3 is 20.3 Å². The summed E-state index contributed by atoms with van der Waals surface area (Å²) in [6.07, 6.45) is 2.89. The first-order valence-electron chi connectivity index (χ1n) is 12.3. The number of amides is 3. The molecule has 0 aliphatic carbocycles. The molecule has 0 unspecified atom stereocenters. The van der Waals surface area contributed by atoms with E-state index in [0.29, 0.717) is 25.3 Å². The molecular formula is C29H33N3O3. The van der Waals surface area contributed by atoms with Gasteiger partial charge in [-0.05, 0) is 66.8 Å². The molecule has 6 heteroatoms. The second kappa shape index (κ2) is 12.1. The van der Waals surface area contributed by atoms with Gasteiger partial charge in [0.2, 0.25) is 0 Å². The largest absolute Gasteiger partial charge is 0.494 e. The number of nitrogens with zero attached hydrogens (tertiary/aromatic N) is 1. The quantitative estimate of drug-likeness (QED) is 0.435. The van der Waals surface area contributed by atoms with Gasteiger partial charge in [0.1, 0.15) is 5.75 Å². The van der Waals surface area contributed by atoms with E-state index in [-0.39, 0.29) is 17.9 Å². The smallest absolute Gasteiger partial charge is 0.321 e. The third-order valence-corrected chi connectivity index (χ3v) is 6.20. The Morgan fingerprint density at radius 1 is 1.00 bits per heavy atom. The topological polar surface area (TPSA) is 70.7 Å². The molecule has 2 N–H and O–H groups in total. The summed E-state index contributed by atoms with van der Waals surface area (Å²) < 4.78 is 5.61. The van der Waals surface area contributed by atoms with Crippen LogP contribution >= 0.6 is 0 Å². The highest BCUT2D eigenvalue weighted by Crippen LogP contribution is 2.28. The van der Waals surface area contributed by atoms with Crippen LogP contribution in [0.15, 0.2) is 78.9 Å². The Balaban J connectivity index is 1.33. The average molecular weight is 472 g/mol. The summed E-state index contributed by atoms with van der Waals surface area (Å²) in [5.74, 6) is 0.940. The highest BCUT2D eigenvalue weighted by molar-refractivity contribution is 5.94. The molecule has 1 aliphatic heterocycles. The van der Waals surface area contributed by atoms with E-state index in [1.807, 2.05) is 77.7 Å². The number of rotatable bonds is 8. The maximum atomic E-state index is 12.8. The lowest BCUT2D eigenvalue weighted by molar-refractivity contribution is 0.0950. The fourth-order valence-electron chi connectivity index (χ4n) is 4.30. The number of hydrogen-bond donors (Lipinski definition) is 2. The minimum atomic E-state index is -0.104. The molecule has 0 aromatic heterocycles. The van der Waals surface area contributed by atoms with Crippen LogP contribution < -0.4 is 15.4 Å². The van der Waals surface area contributed by atoms with Crippen molar-refractivity contribution in [1.82, 2.24) is 10.2 Å². The van der Waals surface area contributed by atoms with E-state index in [9.17, 15) is 9.59 Å². The fraction of sp³-hybridized carbons (Fsp3) is 0.310. The van der Waals surface area contributed by atoms with Crippen molar-refractivity contribution in [3.63, 3.8) is 0 Å². The lowest BCUT2D eigenvalue weighted by atomic mass is 9.89. The first-order chi connectivity index (χ1) is 17.1. The van der Waals surface area contributed by atoms with Crippen LogP contribution in [0.25, 0.3) is 0 Å². The van der Waals surface area contributed by atoms with Gasteiger partial charge >= 0.3 is 6.03 Å². The van der Waals surface area contributed by atoms with Gasteiger partial charge in [-0.25, -0.2) is 4.79 Å². The van der Waals surface area contributed by atoms with Crippen LogP contribution in [0.3, 0.4) is 0 Å². The average Bonchev–Trinajstić information content (AvgIpc) is 2.92. The van der Waals surface area contributed by atoms with Gasteiger partial charge in [0.05, 0.1) is 6.61 Å². The molecule has 3 aromatic carbocycles. The number of ether oxygens (including phenoxy) is 1. The van der Waals surface area contributed by atoms with Crippen molar-refractivity contribution in [2.24, 2.45) is 0 Å². The summed E-state index contributed by atoms with van der Waals surface area (Å²) in [4.78, 5) is 27.4. The highest BCUT2D eigenvalue weighted by Gasteiger charge is 2.25. The Labute approximate surface area is 207 Å². The van der Waals surface area contributed by atoms with Crippen molar-refractivity contribution in [3.05, 3.63) is 95.6 Å². The summed E-state index contributed by atoms with van der Waals surface area (Å²) in [6.45, 7) is 4.59. The van der Waals surface area contributed by atoms with E-state index in [0.717, 1.165) is 48.4 Å². The molecule has 35 heavy (non-hydrogen) atoms. The zero-order valence-electron chi connectivity index (χ0n) is 20.2. The number of carbonyl (C=O) groups excluding carboxylic acids is 2. The van der Waals surface area contributed by atoms with Crippen LogP contribution in [0.4, 0.5) is 10.5 Å². The Bertz CT molecular complexity index is 1120. The minimum Gasteiger partial charge on any atom is -0.494 e. The van der Waals surface area contributed by atoms with E-state index in [2.05, 4.69) is 23.6 Å². The van der Waals surface area contributed by atoms with Gasteiger partial charge in [-0.2, -0.15) is 0 Å². The van der Waals surface area contributed by atoms with Crippen LogP contribution in [0.5, 0.6) is 5.75 Å². The molecule has 4 rings (SSSR count). The van der Waals surface area contributed by atoms with E-state index < -0.39 is 0 Å². The molecular weight excluding hydrogens is 438 g/mol. The zero-order valence-corrected chi connectivity index (χ0v) is 20.2. The minimum absolute atomic E-state index is 0.0825. The summed E-state index contributed by atoms with van der Waals surface area (Å²) in [5.41, 5.74) is 3.54. The number of carbonyl (C=O) groups is 2. The van der Waals surface area contributed by atoms with Gasteiger partial charge in [0.15, 0.2) is 0 Å². The Kier molecular flexibility index (Phi) is 8.39. The molecule has 0 bridgehead atoms. The van der Waals surface area contributed by atoms with Crippen LogP contribution in [0, 0.1) is 0 Å². The molecule has 1 fully saturated rings. The molecule has 6 nitrogen and oxygen atoms in total. The van der Waals surface area contributed by atoms with E-state index in [4.69, 9.17) is 4.74 Å². The molecule has 0 spiro atoms. The first-order valence-corrected chi connectivity index (χ1v) is 12.3. The number of urea groups is 1. The molecule has 0 radical (unpaired) electrons. The third kappa shape index (κ3) is 6.85. The van der Waals surface area contributed by atoms with Crippen molar-refractivity contribution in [2.45, 2.75) is 38.6 Å². The molecule has 3 amide bonds. The Morgan fingerprint density at radius 3 is 2.57 bits per heavy atom. The molecule has 1 atom stereocenters.